The van der Waals surface area contributed by atoms with Crippen molar-refractivity contribution in [3.8, 4) is 0 Å². The summed E-state index contributed by atoms with van der Waals surface area (Å²) in [6, 6.07) is 8.57. The predicted octanol–water partition coefficient (Wildman–Crippen LogP) is 1.99. The summed E-state index contributed by atoms with van der Waals surface area (Å²) in [5, 5.41) is 0. The zero-order chi connectivity index (χ0) is 9.14. The maximum Gasteiger partial charge on any atom is 0.177 e. The van der Waals surface area contributed by atoms with Gasteiger partial charge in [-0.3, -0.25) is 0 Å². The smallest absolute Gasteiger partial charge is 0.177 e. The van der Waals surface area contributed by atoms with E-state index in [-0.39, 0.29) is 0 Å². The Kier molecular flexibility index (Phi) is 3.04. The second kappa shape index (κ2) is 3.85. The first-order valence-corrected chi connectivity index (χ1v) is 6.01. The van der Waals surface area contributed by atoms with Crippen LogP contribution in [0.1, 0.15) is 0 Å². The van der Waals surface area contributed by atoms with Crippen LogP contribution >= 0.6 is 0 Å². The molecule has 0 aromatic heterocycles. The molecule has 0 saturated carbocycles. The van der Waals surface area contributed by atoms with Crippen molar-refractivity contribution in [3.63, 3.8) is 0 Å². The van der Waals surface area contributed by atoms with Crippen molar-refractivity contribution >= 4 is 16.6 Å². The van der Waals surface area contributed by atoms with E-state index in [9.17, 15) is 0 Å². The first kappa shape index (κ1) is 9.46. The molecule has 0 amide bonds. The molecule has 0 bridgehead atoms. The van der Waals surface area contributed by atoms with Gasteiger partial charge in [-0.1, -0.05) is 12.1 Å². The molecule has 0 fully saturated rings. The topological polar surface area (TPSA) is 3.24 Å². The summed E-state index contributed by atoms with van der Waals surface area (Å²) in [5.74, 6) is 0. The van der Waals surface area contributed by atoms with E-state index in [0.29, 0.717) is 10.9 Å². The van der Waals surface area contributed by atoms with E-state index in [1.807, 2.05) is 0 Å². The fourth-order valence-corrected chi connectivity index (χ4v) is 2.19. The molecule has 2 heteroatoms. The zero-order valence-electron chi connectivity index (χ0n) is 8.16. The fourth-order valence-electron chi connectivity index (χ4n) is 1.17. The number of benzene rings is 1. The molecule has 0 N–H and O–H groups in total. The van der Waals surface area contributed by atoms with Crippen LogP contribution in [0.4, 0.5) is 5.69 Å². The molecule has 0 heterocycles. The third-order valence-corrected chi connectivity index (χ3v) is 3.01. The minimum atomic E-state index is 0.347. The first-order chi connectivity index (χ1) is 5.63. The van der Waals surface area contributed by atoms with Gasteiger partial charge >= 0.3 is 0 Å². The van der Waals surface area contributed by atoms with Gasteiger partial charge in [0.2, 0.25) is 0 Å². The van der Waals surface area contributed by atoms with Gasteiger partial charge in [-0.15, -0.1) is 0 Å². The summed E-state index contributed by atoms with van der Waals surface area (Å²) in [6.07, 6.45) is 4.50. The summed E-state index contributed by atoms with van der Waals surface area (Å²) in [4.78, 5) is 3.62. The molecular formula is C10H16NS+. The number of rotatable bonds is 2. The highest BCUT2D eigenvalue weighted by Crippen LogP contribution is 2.22. The van der Waals surface area contributed by atoms with E-state index in [1.165, 1.54) is 10.6 Å². The fraction of sp³-hybridized carbons (Fsp3) is 0.400. The highest BCUT2D eigenvalue weighted by Gasteiger charge is 2.14. The SMILES string of the molecule is CN(C)c1ccccc1[S+](C)C. The van der Waals surface area contributed by atoms with Gasteiger partial charge in [-0.05, 0) is 12.1 Å². The lowest BCUT2D eigenvalue weighted by Crippen LogP contribution is -2.12. The van der Waals surface area contributed by atoms with Crippen molar-refractivity contribution in [3.05, 3.63) is 24.3 Å². The third kappa shape index (κ3) is 1.95. The van der Waals surface area contributed by atoms with Crippen LogP contribution in [0, 0.1) is 0 Å². The van der Waals surface area contributed by atoms with E-state index in [2.05, 4.69) is 55.8 Å². The van der Waals surface area contributed by atoms with Crippen molar-refractivity contribution in [2.75, 3.05) is 31.5 Å². The highest BCUT2D eigenvalue weighted by molar-refractivity contribution is 7.95. The van der Waals surface area contributed by atoms with E-state index in [0.717, 1.165) is 0 Å². The van der Waals surface area contributed by atoms with Gasteiger partial charge in [0, 0.05) is 25.0 Å². The van der Waals surface area contributed by atoms with Crippen LogP contribution in [0.5, 0.6) is 0 Å². The molecule has 1 aromatic carbocycles. The number of hydrogen-bond acceptors (Lipinski definition) is 1. The van der Waals surface area contributed by atoms with Gasteiger partial charge in [0.05, 0.1) is 5.69 Å². The Morgan fingerprint density at radius 3 is 2.08 bits per heavy atom. The molecule has 0 spiro atoms. The Hall–Kier alpha value is -0.630. The van der Waals surface area contributed by atoms with Gasteiger partial charge in [0.25, 0.3) is 0 Å². The Morgan fingerprint density at radius 1 is 1.08 bits per heavy atom. The van der Waals surface area contributed by atoms with Gasteiger partial charge in [-0.25, -0.2) is 0 Å². The van der Waals surface area contributed by atoms with Crippen molar-refractivity contribution in [2.24, 2.45) is 0 Å². The van der Waals surface area contributed by atoms with Crippen LogP contribution in [0.15, 0.2) is 29.2 Å². The molecular weight excluding hydrogens is 166 g/mol. The first-order valence-electron chi connectivity index (χ1n) is 3.97. The second-order valence-corrected chi connectivity index (χ2v) is 5.25. The number of hydrogen-bond donors (Lipinski definition) is 0. The average Bonchev–Trinajstić information content (AvgIpc) is 2.04. The third-order valence-electron chi connectivity index (χ3n) is 1.79. The van der Waals surface area contributed by atoms with Crippen LogP contribution in [-0.2, 0) is 10.9 Å². The van der Waals surface area contributed by atoms with Crippen LogP contribution in [0.25, 0.3) is 0 Å². The number of nitrogens with zero attached hydrogens (tertiary/aromatic N) is 1. The summed E-state index contributed by atoms with van der Waals surface area (Å²) in [5.41, 5.74) is 1.34. The summed E-state index contributed by atoms with van der Waals surface area (Å²) >= 11 is 0. The van der Waals surface area contributed by atoms with Gasteiger partial charge in [-0.2, -0.15) is 0 Å². The Balaban J connectivity index is 3.09. The maximum atomic E-state index is 2.25. The van der Waals surface area contributed by atoms with Gasteiger partial charge in [0.15, 0.2) is 4.90 Å². The Labute approximate surface area is 77.7 Å². The molecule has 0 saturated heterocycles. The molecule has 12 heavy (non-hydrogen) atoms. The second-order valence-electron chi connectivity index (χ2n) is 3.18. The largest absolute Gasteiger partial charge is 0.374 e. The Bertz CT molecular complexity index is 229. The average molecular weight is 182 g/mol. The highest BCUT2D eigenvalue weighted by atomic mass is 32.2. The predicted molar refractivity (Wildman–Crippen MR) is 58.2 cm³/mol. The maximum absolute atomic E-state index is 2.25. The lowest BCUT2D eigenvalue weighted by Gasteiger charge is -2.14. The molecule has 0 radical (unpaired) electrons. The number of para-hydroxylation sites is 1. The molecule has 0 unspecified atom stereocenters. The lowest BCUT2D eigenvalue weighted by atomic mass is 10.3. The van der Waals surface area contributed by atoms with Crippen LogP contribution in [-0.4, -0.2) is 26.6 Å². The minimum Gasteiger partial charge on any atom is -0.374 e. The molecule has 1 nitrogen and oxygen atoms in total. The quantitative estimate of drug-likeness (QED) is 0.632. The van der Waals surface area contributed by atoms with Gasteiger partial charge < -0.3 is 4.90 Å². The van der Waals surface area contributed by atoms with Crippen molar-refractivity contribution in [1.29, 1.82) is 0 Å². The van der Waals surface area contributed by atoms with Crippen molar-refractivity contribution in [2.45, 2.75) is 4.90 Å². The summed E-state index contributed by atoms with van der Waals surface area (Å²) in [6.45, 7) is 0. The molecule has 0 atom stereocenters. The molecule has 1 rings (SSSR count). The normalized spacial score (nSPS) is 10.4. The standard InChI is InChI=1S/C10H16NS/c1-11(2)9-7-5-6-8-10(9)12(3)4/h5-8H,1-4H3/q+1. The monoisotopic (exact) mass is 182 g/mol. The lowest BCUT2D eigenvalue weighted by molar-refractivity contribution is 1.10. The van der Waals surface area contributed by atoms with Crippen molar-refractivity contribution < 1.29 is 0 Å². The molecule has 66 valence electrons. The summed E-state index contributed by atoms with van der Waals surface area (Å²) < 4.78 is 0. The molecule has 0 aliphatic rings. The summed E-state index contributed by atoms with van der Waals surface area (Å²) in [7, 11) is 4.53. The van der Waals surface area contributed by atoms with Crippen LogP contribution in [0.2, 0.25) is 0 Å². The van der Waals surface area contributed by atoms with Crippen molar-refractivity contribution in [1.82, 2.24) is 0 Å². The van der Waals surface area contributed by atoms with Crippen LogP contribution in [0.3, 0.4) is 0 Å². The zero-order valence-corrected chi connectivity index (χ0v) is 8.98. The molecule has 1 aromatic rings. The van der Waals surface area contributed by atoms with Gasteiger partial charge in [0.1, 0.15) is 12.5 Å². The molecule has 0 aliphatic carbocycles. The van der Waals surface area contributed by atoms with Crippen LogP contribution < -0.4 is 4.90 Å². The molecule has 0 aliphatic heterocycles. The van der Waals surface area contributed by atoms with E-state index in [4.69, 9.17) is 0 Å². The van der Waals surface area contributed by atoms with E-state index >= 15 is 0 Å². The Morgan fingerprint density at radius 2 is 1.67 bits per heavy atom. The van der Waals surface area contributed by atoms with E-state index < -0.39 is 0 Å². The number of anilines is 1. The minimum absolute atomic E-state index is 0.347. The van der Waals surface area contributed by atoms with E-state index in [1.54, 1.807) is 0 Å².